The second-order valence-electron chi connectivity index (χ2n) is 13.4. The minimum absolute atomic E-state index is 0.00151. The van der Waals surface area contributed by atoms with Gasteiger partial charge in [-0.05, 0) is 85.0 Å². The predicted molar refractivity (Wildman–Crippen MR) is 193 cm³/mol. The van der Waals surface area contributed by atoms with E-state index >= 15 is 0 Å². The van der Waals surface area contributed by atoms with Crippen LogP contribution >= 0.6 is 0 Å². The fourth-order valence-electron chi connectivity index (χ4n) is 7.60. The van der Waals surface area contributed by atoms with Crippen molar-refractivity contribution in [1.29, 1.82) is 0 Å². The molecular weight excluding hydrogens is 542 g/mol. The lowest BCUT2D eigenvalue weighted by Gasteiger charge is -2.47. The molecule has 1 aliphatic rings. The SMILES string of the molecule is CC1(C)c2cccc3cc(-c4ccccc4N(c4ccccc4)c4ccccc4-c4ccccc4)c4cccc(c4c23)C1(C)C. The van der Waals surface area contributed by atoms with Crippen molar-refractivity contribution in [3.05, 3.63) is 163 Å². The molecule has 0 amide bonds. The molecule has 7 aromatic rings. The predicted octanol–water partition coefficient (Wildman–Crippen LogP) is 12.4. The summed E-state index contributed by atoms with van der Waals surface area (Å²) in [6.45, 7) is 9.66. The number of benzene rings is 7. The van der Waals surface area contributed by atoms with Gasteiger partial charge in [0.2, 0.25) is 0 Å². The molecule has 218 valence electrons. The van der Waals surface area contributed by atoms with Gasteiger partial charge in [-0.25, -0.2) is 0 Å². The number of hydrogen-bond acceptors (Lipinski definition) is 1. The molecule has 0 atom stereocenters. The summed E-state index contributed by atoms with van der Waals surface area (Å²) in [5.74, 6) is 0. The van der Waals surface area contributed by atoms with Crippen molar-refractivity contribution in [3.63, 3.8) is 0 Å². The zero-order valence-electron chi connectivity index (χ0n) is 26.4. The van der Waals surface area contributed by atoms with Crippen molar-refractivity contribution in [1.82, 2.24) is 0 Å². The Bertz CT molecular complexity index is 2210. The Hall–Kier alpha value is -5.14. The van der Waals surface area contributed by atoms with E-state index in [-0.39, 0.29) is 10.8 Å². The highest BCUT2D eigenvalue weighted by molar-refractivity contribution is 6.19. The van der Waals surface area contributed by atoms with E-state index in [0.29, 0.717) is 0 Å². The van der Waals surface area contributed by atoms with Crippen LogP contribution in [0, 0.1) is 0 Å². The van der Waals surface area contributed by atoms with Gasteiger partial charge in [0.1, 0.15) is 0 Å². The average molecular weight is 580 g/mol. The number of hydrogen-bond donors (Lipinski definition) is 0. The maximum atomic E-state index is 2.44. The van der Waals surface area contributed by atoms with Gasteiger partial charge in [-0.1, -0.05) is 149 Å². The van der Waals surface area contributed by atoms with Crippen LogP contribution in [0.1, 0.15) is 38.8 Å². The summed E-state index contributed by atoms with van der Waals surface area (Å²) >= 11 is 0. The lowest BCUT2D eigenvalue weighted by atomic mass is 9.56. The Balaban J connectivity index is 1.45. The first-order chi connectivity index (χ1) is 21.9. The smallest absolute Gasteiger partial charge is 0.0540 e. The summed E-state index contributed by atoms with van der Waals surface area (Å²) in [7, 11) is 0. The summed E-state index contributed by atoms with van der Waals surface area (Å²) in [5, 5.41) is 5.42. The number of anilines is 3. The molecule has 0 fully saturated rings. The zero-order chi connectivity index (χ0) is 30.8. The Morgan fingerprint density at radius 1 is 0.422 bits per heavy atom. The molecule has 0 N–H and O–H groups in total. The molecule has 0 heterocycles. The fourth-order valence-corrected chi connectivity index (χ4v) is 7.60. The zero-order valence-corrected chi connectivity index (χ0v) is 26.4. The normalized spacial score (nSPS) is 14.6. The summed E-state index contributed by atoms with van der Waals surface area (Å²) in [6.07, 6.45) is 0. The van der Waals surface area contributed by atoms with Crippen LogP contribution in [0.15, 0.2) is 152 Å². The highest BCUT2D eigenvalue weighted by Crippen LogP contribution is 2.55. The fraction of sp³-hybridized carbons (Fsp3) is 0.136. The molecule has 0 radical (unpaired) electrons. The molecule has 1 heteroatoms. The molecule has 45 heavy (non-hydrogen) atoms. The van der Waals surface area contributed by atoms with Gasteiger partial charge >= 0.3 is 0 Å². The first-order valence-corrected chi connectivity index (χ1v) is 16.0. The van der Waals surface area contributed by atoms with Crippen LogP contribution in [-0.2, 0) is 10.8 Å². The Morgan fingerprint density at radius 3 is 1.64 bits per heavy atom. The third-order valence-electron chi connectivity index (χ3n) is 10.6. The van der Waals surface area contributed by atoms with Crippen LogP contribution in [0.5, 0.6) is 0 Å². The van der Waals surface area contributed by atoms with E-state index in [1.54, 1.807) is 0 Å². The van der Waals surface area contributed by atoms with E-state index in [2.05, 4.69) is 184 Å². The standard InChI is InChI=1S/C44H37N/c1-43(2)37-25-15-19-31-29-36(35-24-16-26-38(44(43,3)4)42(35)41(31)37)34-23-12-14-28-40(34)45(32-20-9-6-10-21-32)39-27-13-11-22-33(39)30-17-7-5-8-18-30/h5-29H,1-4H3. The van der Waals surface area contributed by atoms with Gasteiger partial charge < -0.3 is 4.90 Å². The molecule has 0 bridgehead atoms. The molecule has 7 aromatic carbocycles. The van der Waals surface area contributed by atoms with Gasteiger partial charge in [0.25, 0.3) is 0 Å². The average Bonchev–Trinajstić information content (AvgIpc) is 3.08. The van der Waals surface area contributed by atoms with Crippen molar-refractivity contribution >= 4 is 38.6 Å². The minimum Gasteiger partial charge on any atom is -0.309 e. The minimum atomic E-state index is -0.0311. The largest absolute Gasteiger partial charge is 0.309 e. The molecule has 0 saturated carbocycles. The molecule has 8 rings (SSSR count). The quantitative estimate of drug-likeness (QED) is 0.183. The van der Waals surface area contributed by atoms with Gasteiger partial charge in [-0.2, -0.15) is 0 Å². The number of para-hydroxylation sites is 3. The third kappa shape index (κ3) is 4.07. The second-order valence-corrected chi connectivity index (χ2v) is 13.4. The van der Waals surface area contributed by atoms with Crippen LogP contribution in [0.3, 0.4) is 0 Å². The highest BCUT2D eigenvalue weighted by atomic mass is 15.1. The molecule has 1 aliphatic carbocycles. The van der Waals surface area contributed by atoms with Gasteiger partial charge in [-0.3, -0.25) is 0 Å². The summed E-state index contributed by atoms with van der Waals surface area (Å²) in [4.78, 5) is 2.44. The van der Waals surface area contributed by atoms with Gasteiger partial charge in [0.05, 0.1) is 11.4 Å². The number of rotatable bonds is 5. The Labute approximate surface area is 266 Å². The molecular formula is C44H37N. The second kappa shape index (κ2) is 10.2. The molecule has 0 saturated heterocycles. The van der Waals surface area contributed by atoms with E-state index < -0.39 is 0 Å². The van der Waals surface area contributed by atoms with Crippen LogP contribution in [-0.4, -0.2) is 0 Å². The summed E-state index contributed by atoms with van der Waals surface area (Å²) in [6, 6.07) is 55.5. The van der Waals surface area contributed by atoms with Crippen molar-refractivity contribution in [2.75, 3.05) is 4.90 Å². The highest BCUT2D eigenvalue weighted by Gasteiger charge is 2.45. The lowest BCUT2D eigenvalue weighted by molar-refractivity contribution is 0.304. The van der Waals surface area contributed by atoms with Crippen LogP contribution < -0.4 is 4.90 Å². The monoisotopic (exact) mass is 579 g/mol. The van der Waals surface area contributed by atoms with Crippen molar-refractivity contribution in [3.8, 4) is 22.3 Å². The topological polar surface area (TPSA) is 3.24 Å². The molecule has 0 unspecified atom stereocenters. The first-order valence-electron chi connectivity index (χ1n) is 16.0. The van der Waals surface area contributed by atoms with E-state index in [1.807, 2.05) is 0 Å². The summed E-state index contributed by atoms with van der Waals surface area (Å²) in [5.41, 5.74) is 11.2. The maximum absolute atomic E-state index is 2.44. The molecule has 0 aliphatic heterocycles. The van der Waals surface area contributed by atoms with Crippen molar-refractivity contribution in [2.45, 2.75) is 38.5 Å². The van der Waals surface area contributed by atoms with E-state index in [4.69, 9.17) is 0 Å². The van der Waals surface area contributed by atoms with Gasteiger partial charge in [0.15, 0.2) is 0 Å². The molecule has 0 aromatic heterocycles. The molecule has 0 spiro atoms. The van der Waals surface area contributed by atoms with E-state index in [9.17, 15) is 0 Å². The Kier molecular flexibility index (Phi) is 6.22. The van der Waals surface area contributed by atoms with E-state index in [0.717, 1.165) is 17.1 Å². The number of nitrogens with zero attached hydrogens (tertiary/aromatic N) is 1. The summed E-state index contributed by atoms with van der Waals surface area (Å²) < 4.78 is 0. The van der Waals surface area contributed by atoms with Crippen LogP contribution in [0.2, 0.25) is 0 Å². The molecule has 1 nitrogen and oxygen atoms in total. The first kappa shape index (κ1) is 27.4. The third-order valence-corrected chi connectivity index (χ3v) is 10.6. The van der Waals surface area contributed by atoms with Gasteiger partial charge in [0, 0.05) is 16.8 Å². The lowest BCUT2D eigenvalue weighted by Crippen LogP contribution is -2.42. The van der Waals surface area contributed by atoms with Crippen LogP contribution in [0.4, 0.5) is 17.1 Å². The van der Waals surface area contributed by atoms with Gasteiger partial charge in [-0.15, -0.1) is 0 Å². The Morgan fingerprint density at radius 2 is 0.956 bits per heavy atom. The maximum Gasteiger partial charge on any atom is 0.0540 e. The van der Waals surface area contributed by atoms with Crippen LogP contribution in [0.25, 0.3) is 43.8 Å². The van der Waals surface area contributed by atoms with Crippen molar-refractivity contribution < 1.29 is 0 Å². The van der Waals surface area contributed by atoms with Crippen molar-refractivity contribution in [2.24, 2.45) is 0 Å². The van der Waals surface area contributed by atoms with E-state index in [1.165, 1.54) is 54.9 Å².